The number of aromatic nitrogens is 1. The molecule has 1 aliphatic heterocycles. The fraction of sp³-hybridized carbons (Fsp3) is 0.280. The summed E-state index contributed by atoms with van der Waals surface area (Å²) in [6.07, 6.45) is 0.169. The highest BCUT2D eigenvalue weighted by Crippen LogP contribution is 2.24. The van der Waals surface area contributed by atoms with Crippen molar-refractivity contribution in [1.82, 2.24) is 15.2 Å². The molecule has 1 saturated heterocycles. The lowest BCUT2D eigenvalue weighted by Crippen LogP contribution is -2.47. The van der Waals surface area contributed by atoms with E-state index >= 15 is 0 Å². The van der Waals surface area contributed by atoms with Gasteiger partial charge in [0.15, 0.2) is 0 Å². The summed E-state index contributed by atoms with van der Waals surface area (Å²) < 4.78 is 0. The molecule has 1 atom stereocenters. The topological polar surface area (TPSA) is 109 Å². The third-order valence-corrected chi connectivity index (χ3v) is 5.92. The molecule has 1 unspecified atom stereocenters. The van der Waals surface area contributed by atoms with Crippen LogP contribution in [0.1, 0.15) is 15.9 Å². The van der Waals surface area contributed by atoms with Crippen molar-refractivity contribution < 1.29 is 14.4 Å². The maximum Gasteiger partial charge on any atom is 0.287 e. The largest absolute Gasteiger partial charge is 0.363 e. The number of hydrogen-bond acceptors (Lipinski definition) is 6. The lowest BCUT2D eigenvalue weighted by Gasteiger charge is -2.33. The van der Waals surface area contributed by atoms with Crippen molar-refractivity contribution in [2.24, 2.45) is 5.73 Å². The summed E-state index contributed by atoms with van der Waals surface area (Å²) in [5.41, 5.74) is 7.18. The number of rotatable bonds is 7. The Bertz CT molecular complexity index is 1170. The highest BCUT2D eigenvalue weighted by atomic mass is 16.2. The number of amides is 2. The maximum atomic E-state index is 13.4. The van der Waals surface area contributed by atoms with Crippen LogP contribution in [0.5, 0.6) is 0 Å². The predicted molar refractivity (Wildman–Crippen MR) is 127 cm³/mol. The Balaban J connectivity index is 1.66. The van der Waals surface area contributed by atoms with E-state index in [9.17, 15) is 14.4 Å². The number of benzene rings is 2. The molecule has 0 aliphatic carbocycles. The maximum absolute atomic E-state index is 13.4. The summed E-state index contributed by atoms with van der Waals surface area (Å²) in [5.74, 6) is -1.63. The van der Waals surface area contributed by atoms with Crippen LogP contribution in [0.25, 0.3) is 10.9 Å². The first-order valence-electron chi connectivity index (χ1n) is 10.9. The van der Waals surface area contributed by atoms with Crippen molar-refractivity contribution in [2.45, 2.75) is 12.5 Å². The smallest absolute Gasteiger partial charge is 0.287 e. The van der Waals surface area contributed by atoms with Gasteiger partial charge in [-0.15, -0.1) is 0 Å². The number of nitrogens with one attached hydrogen (secondary N) is 1. The van der Waals surface area contributed by atoms with Crippen LogP contribution in [-0.4, -0.2) is 66.8 Å². The molecule has 0 radical (unpaired) electrons. The molecule has 1 aromatic heterocycles. The summed E-state index contributed by atoms with van der Waals surface area (Å²) >= 11 is 0. The second kappa shape index (κ2) is 9.79. The number of carbonyl (C=O) groups excluding carboxylic acids is 3. The Kier molecular flexibility index (Phi) is 6.65. The van der Waals surface area contributed by atoms with E-state index in [1.165, 1.54) is 0 Å². The van der Waals surface area contributed by atoms with Crippen LogP contribution in [0.15, 0.2) is 60.7 Å². The quantitative estimate of drug-likeness (QED) is 0.532. The lowest BCUT2D eigenvalue weighted by molar-refractivity contribution is -0.137. The fourth-order valence-corrected chi connectivity index (χ4v) is 4.01. The zero-order chi connectivity index (χ0) is 23.4. The number of hydrogen-bond donors (Lipinski definition) is 2. The van der Waals surface area contributed by atoms with E-state index in [0.29, 0.717) is 22.3 Å². The summed E-state index contributed by atoms with van der Waals surface area (Å²) in [4.78, 5) is 46.7. The van der Waals surface area contributed by atoms with E-state index in [4.69, 9.17) is 10.7 Å². The summed E-state index contributed by atoms with van der Waals surface area (Å²) in [6.45, 7) is 3.42. The van der Waals surface area contributed by atoms with Crippen molar-refractivity contribution in [1.29, 1.82) is 0 Å². The standard InChI is InChI=1S/C25H27N5O3/c1-29-11-13-30(14-12-29)22-16-19(18-9-5-6-10-20(18)27-22)25(33)28-21(23(31)24(26)32)15-17-7-3-2-4-8-17/h2-10,16,21H,11-15H2,1H3,(H2,26,32)(H,28,33). The van der Waals surface area contributed by atoms with Crippen molar-refractivity contribution in [2.75, 3.05) is 38.1 Å². The molecule has 3 N–H and O–H groups in total. The highest BCUT2D eigenvalue weighted by molar-refractivity contribution is 6.38. The minimum absolute atomic E-state index is 0.169. The van der Waals surface area contributed by atoms with Crippen LogP contribution in [0.4, 0.5) is 5.82 Å². The summed E-state index contributed by atoms with van der Waals surface area (Å²) in [7, 11) is 2.08. The number of carbonyl (C=O) groups is 3. The van der Waals surface area contributed by atoms with Crippen LogP contribution >= 0.6 is 0 Å². The number of pyridine rings is 1. The number of para-hydroxylation sites is 1. The molecule has 2 heterocycles. The van der Waals surface area contributed by atoms with Gasteiger partial charge >= 0.3 is 0 Å². The predicted octanol–water partition coefficient (Wildman–Crippen LogP) is 1.38. The van der Waals surface area contributed by atoms with Gasteiger partial charge in [-0.05, 0) is 24.7 Å². The minimum Gasteiger partial charge on any atom is -0.363 e. The number of likely N-dealkylation sites (N-methyl/N-ethyl adjacent to an activating group) is 1. The van der Waals surface area contributed by atoms with Gasteiger partial charge in [0.1, 0.15) is 11.9 Å². The normalized spacial score (nSPS) is 15.2. The molecule has 3 aromatic rings. The Hall–Kier alpha value is -3.78. The molecular weight excluding hydrogens is 418 g/mol. The Morgan fingerprint density at radius 1 is 1.00 bits per heavy atom. The van der Waals surface area contributed by atoms with E-state index in [0.717, 1.165) is 31.7 Å². The van der Waals surface area contributed by atoms with Gasteiger partial charge in [0.05, 0.1) is 11.1 Å². The molecule has 0 saturated carbocycles. The van der Waals surface area contributed by atoms with E-state index in [-0.39, 0.29) is 6.42 Å². The van der Waals surface area contributed by atoms with E-state index in [1.54, 1.807) is 6.07 Å². The van der Waals surface area contributed by atoms with Crippen LogP contribution in [0, 0.1) is 0 Å². The third kappa shape index (κ3) is 5.18. The van der Waals surface area contributed by atoms with E-state index in [1.807, 2.05) is 54.6 Å². The second-order valence-corrected chi connectivity index (χ2v) is 8.28. The number of Topliss-reactive ketones (excluding diaryl/α,β-unsaturated/α-hetero) is 1. The van der Waals surface area contributed by atoms with Crippen molar-refractivity contribution in [3.8, 4) is 0 Å². The first kappa shape index (κ1) is 22.4. The molecule has 2 amide bonds. The number of anilines is 1. The zero-order valence-corrected chi connectivity index (χ0v) is 18.5. The number of primary amides is 1. The fourth-order valence-electron chi connectivity index (χ4n) is 4.01. The van der Waals surface area contributed by atoms with Crippen molar-refractivity contribution >= 4 is 34.3 Å². The molecular formula is C25H27N5O3. The van der Waals surface area contributed by atoms with Gasteiger partial charge in [0, 0.05) is 38.0 Å². The molecule has 8 nitrogen and oxygen atoms in total. The molecule has 0 bridgehead atoms. The van der Waals surface area contributed by atoms with Crippen molar-refractivity contribution in [3.63, 3.8) is 0 Å². The van der Waals surface area contributed by atoms with Crippen LogP contribution in [-0.2, 0) is 16.0 Å². The van der Waals surface area contributed by atoms with Crippen LogP contribution in [0.2, 0.25) is 0 Å². The van der Waals surface area contributed by atoms with Gasteiger partial charge in [0.25, 0.3) is 11.8 Å². The van der Waals surface area contributed by atoms with Crippen LogP contribution < -0.4 is 16.0 Å². The zero-order valence-electron chi connectivity index (χ0n) is 18.5. The monoisotopic (exact) mass is 445 g/mol. The lowest BCUT2D eigenvalue weighted by atomic mass is 10.0. The SMILES string of the molecule is CN1CCN(c2cc(C(=O)NC(Cc3ccccc3)C(=O)C(N)=O)c3ccccc3n2)CC1. The van der Waals surface area contributed by atoms with E-state index in [2.05, 4.69) is 22.2 Å². The van der Waals surface area contributed by atoms with Gasteiger partial charge in [0.2, 0.25) is 5.78 Å². The molecule has 33 heavy (non-hydrogen) atoms. The van der Waals surface area contributed by atoms with Gasteiger partial charge in [-0.2, -0.15) is 0 Å². The molecule has 170 valence electrons. The Morgan fingerprint density at radius 3 is 2.36 bits per heavy atom. The van der Waals surface area contributed by atoms with Crippen molar-refractivity contribution in [3.05, 3.63) is 71.8 Å². The van der Waals surface area contributed by atoms with E-state index < -0.39 is 23.6 Å². The van der Waals surface area contributed by atoms with Gasteiger partial charge < -0.3 is 20.9 Å². The highest BCUT2D eigenvalue weighted by Gasteiger charge is 2.27. The number of nitrogens with zero attached hydrogens (tertiary/aromatic N) is 3. The average molecular weight is 446 g/mol. The molecule has 4 rings (SSSR count). The molecule has 1 fully saturated rings. The van der Waals surface area contributed by atoms with Gasteiger partial charge in [-0.3, -0.25) is 14.4 Å². The molecule has 1 aliphatic rings. The molecule has 0 spiro atoms. The number of piperazine rings is 1. The number of nitrogens with two attached hydrogens (primary N) is 1. The van der Waals surface area contributed by atoms with Gasteiger partial charge in [-0.25, -0.2) is 4.98 Å². The first-order chi connectivity index (χ1) is 15.9. The van der Waals surface area contributed by atoms with Gasteiger partial charge in [-0.1, -0.05) is 48.5 Å². The molecule has 8 heteroatoms. The third-order valence-electron chi connectivity index (χ3n) is 5.92. The summed E-state index contributed by atoms with van der Waals surface area (Å²) in [6, 6.07) is 17.3. The second-order valence-electron chi connectivity index (χ2n) is 8.28. The summed E-state index contributed by atoms with van der Waals surface area (Å²) in [5, 5.41) is 3.43. The Morgan fingerprint density at radius 2 is 1.67 bits per heavy atom. The number of ketones is 1. The minimum atomic E-state index is -1.08. The van der Waals surface area contributed by atoms with Crippen LogP contribution in [0.3, 0.4) is 0 Å². The average Bonchev–Trinajstić information content (AvgIpc) is 2.83. The molecule has 2 aromatic carbocycles. The number of fused-ring (bicyclic) bond motifs is 1. The Labute approximate surface area is 192 Å². The first-order valence-corrected chi connectivity index (χ1v) is 10.9.